The first kappa shape index (κ1) is 18.6. The lowest BCUT2D eigenvalue weighted by atomic mass is 9.72. The Morgan fingerprint density at radius 3 is 2.76 bits per heavy atom. The van der Waals surface area contributed by atoms with Crippen LogP contribution in [-0.2, 0) is 19.4 Å². The number of hydrogen-bond donors (Lipinski definition) is 0. The number of aromatic nitrogens is 4. The molecule has 0 unspecified atom stereocenters. The molecule has 5 nitrogen and oxygen atoms in total. The molecule has 4 aromatic rings. The van der Waals surface area contributed by atoms with Crippen molar-refractivity contribution in [2.45, 2.75) is 53.6 Å². The zero-order valence-electron chi connectivity index (χ0n) is 17.4. The Labute approximate surface area is 174 Å². The van der Waals surface area contributed by atoms with Crippen LogP contribution in [0.5, 0.6) is 5.75 Å². The lowest BCUT2D eigenvalue weighted by Gasteiger charge is -2.33. The van der Waals surface area contributed by atoms with Crippen molar-refractivity contribution in [1.82, 2.24) is 19.6 Å². The summed E-state index contributed by atoms with van der Waals surface area (Å²) in [6, 6.07) is 8.04. The summed E-state index contributed by atoms with van der Waals surface area (Å²) in [5.41, 5.74) is 3.89. The van der Waals surface area contributed by atoms with Crippen molar-refractivity contribution in [2.24, 2.45) is 11.3 Å². The quantitative estimate of drug-likeness (QED) is 0.458. The van der Waals surface area contributed by atoms with E-state index in [4.69, 9.17) is 9.72 Å². The van der Waals surface area contributed by atoms with E-state index in [0.29, 0.717) is 17.8 Å². The van der Waals surface area contributed by atoms with Crippen molar-refractivity contribution in [3.8, 4) is 5.75 Å². The Morgan fingerprint density at radius 2 is 2.00 bits per heavy atom. The van der Waals surface area contributed by atoms with Crippen LogP contribution in [-0.4, -0.2) is 19.6 Å². The molecule has 3 heterocycles. The maximum Gasteiger partial charge on any atom is 0.189 e. The highest BCUT2D eigenvalue weighted by Gasteiger charge is 2.31. The van der Waals surface area contributed by atoms with Crippen molar-refractivity contribution < 1.29 is 4.74 Å². The van der Waals surface area contributed by atoms with Gasteiger partial charge in [0.2, 0.25) is 0 Å². The van der Waals surface area contributed by atoms with Crippen LogP contribution in [0.25, 0.3) is 15.9 Å². The lowest BCUT2D eigenvalue weighted by molar-refractivity contribution is 0.218. The van der Waals surface area contributed by atoms with Gasteiger partial charge in [-0.05, 0) is 55.2 Å². The first-order valence-electron chi connectivity index (χ1n) is 10.2. The highest BCUT2D eigenvalue weighted by atomic mass is 32.1. The summed E-state index contributed by atoms with van der Waals surface area (Å²) in [6.07, 6.45) is 5.24. The van der Waals surface area contributed by atoms with Gasteiger partial charge >= 0.3 is 0 Å². The molecule has 0 amide bonds. The van der Waals surface area contributed by atoms with E-state index in [1.54, 1.807) is 10.8 Å². The maximum atomic E-state index is 5.88. The fourth-order valence-electron chi connectivity index (χ4n) is 4.20. The smallest absolute Gasteiger partial charge is 0.189 e. The third-order valence-corrected chi connectivity index (χ3v) is 7.21. The highest BCUT2D eigenvalue weighted by Crippen LogP contribution is 2.43. The number of rotatable bonds is 3. The molecule has 150 valence electrons. The van der Waals surface area contributed by atoms with E-state index < -0.39 is 0 Å². The molecule has 0 spiro atoms. The second-order valence-electron chi connectivity index (χ2n) is 9.13. The van der Waals surface area contributed by atoms with Gasteiger partial charge in [-0.1, -0.05) is 38.5 Å². The number of fused-ring (bicyclic) bond motifs is 5. The third-order valence-electron chi connectivity index (χ3n) is 6.04. The van der Waals surface area contributed by atoms with Crippen LogP contribution in [0.15, 0.2) is 30.6 Å². The van der Waals surface area contributed by atoms with Crippen LogP contribution < -0.4 is 4.74 Å². The standard InChI is InChI=1S/C23H26N4OS/c1-14-5-8-16(9-6-14)28-12-19-25-21-20-17-10-7-15(23(2,3)4)11-18(17)29-22(20)24-13-27(21)26-19/h5-6,8-9,13,15H,7,10-12H2,1-4H3/t15-/m0/s1. The second-order valence-corrected chi connectivity index (χ2v) is 10.2. The summed E-state index contributed by atoms with van der Waals surface area (Å²) in [4.78, 5) is 12.1. The van der Waals surface area contributed by atoms with E-state index in [9.17, 15) is 0 Å². The van der Waals surface area contributed by atoms with E-state index in [2.05, 4.69) is 37.8 Å². The molecule has 0 fully saturated rings. The van der Waals surface area contributed by atoms with Gasteiger partial charge in [-0.15, -0.1) is 16.4 Å². The zero-order valence-corrected chi connectivity index (χ0v) is 18.2. The van der Waals surface area contributed by atoms with Crippen molar-refractivity contribution in [3.63, 3.8) is 0 Å². The summed E-state index contributed by atoms with van der Waals surface area (Å²) in [7, 11) is 0. The van der Waals surface area contributed by atoms with Gasteiger partial charge in [0.05, 0.1) is 5.39 Å². The van der Waals surface area contributed by atoms with Crippen LogP contribution in [0.2, 0.25) is 0 Å². The Bertz CT molecular complexity index is 1180. The first-order valence-corrected chi connectivity index (χ1v) is 11.0. The van der Waals surface area contributed by atoms with Gasteiger partial charge in [0.15, 0.2) is 11.5 Å². The van der Waals surface area contributed by atoms with Crippen molar-refractivity contribution in [3.05, 3.63) is 52.4 Å². The summed E-state index contributed by atoms with van der Waals surface area (Å²) >= 11 is 1.83. The molecule has 1 atom stereocenters. The molecule has 6 heteroatoms. The highest BCUT2D eigenvalue weighted by molar-refractivity contribution is 7.19. The van der Waals surface area contributed by atoms with Gasteiger partial charge in [0, 0.05) is 4.88 Å². The summed E-state index contributed by atoms with van der Waals surface area (Å²) in [5, 5.41) is 5.79. The number of ether oxygens (including phenoxy) is 1. The van der Waals surface area contributed by atoms with Crippen molar-refractivity contribution >= 4 is 27.2 Å². The molecule has 0 radical (unpaired) electrons. The van der Waals surface area contributed by atoms with Crippen molar-refractivity contribution in [1.29, 1.82) is 0 Å². The summed E-state index contributed by atoms with van der Waals surface area (Å²) in [5.74, 6) is 2.23. The van der Waals surface area contributed by atoms with E-state index in [1.165, 1.54) is 27.8 Å². The molecule has 0 N–H and O–H groups in total. The molecule has 1 aliphatic carbocycles. The molecule has 3 aromatic heterocycles. The molecule has 5 rings (SSSR count). The predicted molar refractivity (Wildman–Crippen MR) is 117 cm³/mol. The topological polar surface area (TPSA) is 52.3 Å². The van der Waals surface area contributed by atoms with Gasteiger partial charge in [-0.2, -0.15) is 0 Å². The van der Waals surface area contributed by atoms with E-state index in [1.807, 2.05) is 35.6 Å². The largest absolute Gasteiger partial charge is 0.486 e. The zero-order chi connectivity index (χ0) is 20.2. The van der Waals surface area contributed by atoms with Crippen LogP contribution in [0, 0.1) is 18.3 Å². The van der Waals surface area contributed by atoms with Crippen molar-refractivity contribution in [2.75, 3.05) is 0 Å². The average molecular weight is 407 g/mol. The monoisotopic (exact) mass is 406 g/mol. The minimum atomic E-state index is 0.339. The number of thiophene rings is 1. The fraction of sp³-hybridized carbons (Fsp3) is 0.435. The van der Waals surface area contributed by atoms with Gasteiger partial charge < -0.3 is 4.74 Å². The fourth-order valence-corrected chi connectivity index (χ4v) is 5.46. The Morgan fingerprint density at radius 1 is 1.21 bits per heavy atom. The van der Waals surface area contributed by atoms with Crippen LogP contribution in [0.1, 0.15) is 49.0 Å². The van der Waals surface area contributed by atoms with Crippen LogP contribution in [0.3, 0.4) is 0 Å². The average Bonchev–Trinajstić information content (AvgIpc) is 3.26. The first-order chi connectivity index (χ1) is 13.9. The summed E-state index contributed by atoms with van der Waals surface area (Å²) in [6.45, 7) is 9.48. The van der Waals surface area contributed by atoms with Crippen LogP contribution >= 0.6 is 11.3 Å². The minimum absolute atomic E-state index is 0.339. The number of nitrogens with zero attached hydrogens (tertiary/aromatic N) is 4. The van der Waals surface area contributed by atoms with E-state index in [0.717, 1.165) is 35.0 Å². The number of aryl methyl sites for hydroxylation is 2. The minimum Gasteiger partial charge on any atom is -0.486 e. The second kappa shape index (κ2) is 6.80. The maximum absolute atomic E-state index is 5.88. The Kier molecular flexibility index (Phi) is 4.35. The Balaban J connectivity index is 1.47. The molecule has 29 heavy (non-hydrogen) atoms. The van der Waals surface area contributed by atoms with Crippen LogP contribution in [0.4, 0.5) is 0 Å². The molecule has 1 aliphatic rings. The van der Waals surface area contributed by atoms with E-state index >= 15 is 0 Å². The predicted octanol–water partition coefficient (Wildman–Crippen LogP) is 5.38. The van der Waals surface area contributed by atoms with Gasteiger partial charge in [-0.25, -0.2) is 14.5 Å². The molecule has 0 bridgehead atoms. The van der Waals surface area contributed by atoms with Gasteiger partial charge in [0.25, 0.3) is 0 Å². The lowest BCUT2D eigenvalue weighted by Crippen LogP contribution is -2.26. The third kappa shape index (κ3) is 3.39. The number of hydrogen-bond acceptors (Lipinski definition) is 5. The molecule has 0 aliphatic heterocycles. The SMILES string of the molecule is Cc1ccc(OCc2nc3c4c5c(sc4ncn3n2)C[C@@H](C(C)(C)C)CC5)cc1. The van der Waals surface area contributed by atoms with Gasteiger partial charge in [-0.3, -0.25) is 0 Å². The number of benzene rings is 1. The molecule has 1 aromatic carbocycles. The molecule has 0 saturated carbocycles. The molecular formula is C23H26N4OS. The van der Waals surface area contributed by atoms with E-state index in [-0.39, 0.29) is 0 Å². The normalized spacial score (nSPS) is 17.0. The summed E-state index contributed by atoms with van der Waals surface area (Å²) < 4.78 is 7.68. The Hall–Kier alpha value is -2.47. The molecule has 0 saturated heterocycles. The molecular weight excluding hydrogens is 380 g/mol. The van der Waals surface area contributed by atoms with Gasteiger partial charge in [0.1, 0.15) is 23.5 Å².